The molecule has 3 aromatic heterocycles. The molecule has 0 unspecified atom stereocenters. The van der Waals surface area contributed by atoms with Crippen LogP contribution < -0.4 is 5.32 Å². The van der Waals surface area contributed by atoms with E-state index in [1.165, 1.54) is 0 Å². The van der Waals surface area contributed by atoms with Gasteiger partial charge in [-0.25, -0.2) is 4.98 Å². The first-order valence-electron chi connectivity index (χ1n) is 9.27. The standard InChI is InChI=1S/C21H21N5O2/c1-4-26-11-10-16(24-26)17-12-15(20(27)22-13(2)3)18-19(25-28-21(18)23-17)14-8-6-5-7-9-14/h5-13H,4H2,1-3H3,(H,22,27). The van der Waals surface area contributed by atoms with Gasteiger partial charge in [-0.2, -0.15) is 5.10 Å². The van der Waals surface area contributed by atoms with Gasteiger partial charge in [0.1, 0.15) is 11.4 Å². The second-order valence-corrected chi connectivity index (χ2v) is 6.82. The molecule has 28 heavy (non-hydrogen) atoms. The molecule has 0 spiro atoms. The van der Waals surface area contributed by atoms with E-state index in [1.54, 1.807) is 6.07 Å². The third-order valence-electron chi connectivity index (χ3n) is 4.39. The van der Waals surface area contributed by atoms with Crippen LogP contribution in [0.1, 0.15) is 31.1 Å². The monoisotopic (exact) mass is 375 g/mol. The fraction of sp³-hybridized carbons (Fsp3) is 0.238. The molecule has 4 rings (SSSR count). The van der Waals surface area contributed by atoms with Crippen LogP contribution in [0, 0.1) is 0 Å². The molecule has 1 N–H and O–H groups in total. The summed E-state index contributed by atoms with van der Waals surface area (Å²) < 4.78 is 7.33. The van der Waals surface area contributed by atoms with Crippen LogP contribution in [0.25, 0.3) is 33.7 Å². The van der Waals surface area contributed by atoms with Crippen LogP contribution in [0.3, 0.4) is 0 Å². The zero-order chi connectivity index (χ0) is 19.7. The van der Waals surface area contributed by atoms with Crippen molar-refractivity contribution in [3.05, 3.63) is 54.2 Å². The van der Waals surface area contributed by atoms with Gasteiger partial charge >= 0.3 is 0 Å². The van der Waals surface area contributed by atoms with E-state index in [2.05, 4.69) is 20.6 Å². The maximum atomic E-state index is 13.0. The molecule has 0 fully saturated rings. The Labute approximate surface area is 162 Å². The number of rotatable bonds is 5. The number of nitrogens with one attached hydrogen (secondary N) is 1. The number of carbonyl (C=O) groups excluding carboxylic acids is 1. The molecule has 0 saturated carbocycles. The number of nitrogens with zero attached hydrogens (tertiary/aromatic N) is 4. The highest BCUT2D eigenvalue weighted by atomic mass is 16.5. The molecule has 3 heterocycles. The summed E-state index contributed by atoms with van der Waals surface area (Å²) >= 11 is 0. The van der Waals surface area contributed by atoms with Crippen molar-refractivity contribution >= 4 is 17.0 Å². The third-order valence-corrected chi connectivity index (χ3v) is 4.39. The minimum Gasteiger partial charge on any atom is -0.350 e. The number of aryl methyl sites for hydroxylation is 1. The predicted octanol–water partition coefficient (Wildman–Crippen LogP) is 3.91. The Morgan fingerprint density at radius 2 is 1.96 bits per heavy atom. The fourth-order valence-corrected chi connectivity index (χ4v) is 3.07. The van der Waals surface area contributed by atoms with E-state index < -0.39 is 0 Å². The largest absolute Gasteiger partial charge is 0.350 e. The van der Waals surface area contributed by atoms with Gasteiger partial charge < -0.3 is 9.84 Å². The summed E-state index contributed by atoms with van der Waals surface area (Å²) in [6.07, 6.45) is 1.88. The molecular weight excluding hydrogens is 354 g/mol. The summed E-state index contributed by atoms with van der Waals surface area (Å²) in [5, 5.41) is 12.2. The number of pyridine rings is 1. The van der Waals surface area contributed by atoms with Gasteiger partial charge in [-0.15, -0.1) is 0 Å². The molecular formula is C21H21N5O2. The van der Waals surface area contributed by atoms with Gasteiger partial charge in [-0.05, 0) is 32.9 Å². The van der Waals surface area contributed by atoms with Crippen molar-refractivity contribution in [2.45, 2.75) is 33.4 Å². The molecule has 0 aliphatic heterocycles. The minimum atomic E-state index is -0.195. The highest BCUT2D eigenvalue weighted by molar-refractivity contribution is 6.10. The van der Waals surface area contributed by atoms with Crippen molar-refractivity contribution in [2.24, 2.45) is 0 Å². The molecule has 1 amide bonds. The molecule has 0 bridgehead atoms. The number of benzene rings is 1. The normalized spacial score (nSPS) is 11.3. The first kappa shape index (κ1) is 17.9. The fourth-order valence-electron chi connectivity index (χ4n) is 3.07. The van der Waals surface area contributed by atoms with Crippen LogP contribution in [0.4, 0.5) is 0 Å². The molecule has 0 saturated heterocycles. The highest BCUT2D eigenvalue weighted by Crippen LogP contribution is 2.32. The first-order chi connectivity index (χ1) is 13.6. The summed E-state index contributed by atoms with van der Waals surface area (Å²) in [5.41, 5.74) is 3.51. The second kappa shape index (κ2) is 7.26. The highest BCUT2D eigenvalue weighted by Gasteiger charge is 2.22. The van der Waals surface area contributed by atoms with Gasteiger partial charge in [0.05, 0.1) is 16.6 Å². The van der Waals surface area contributed by atoms with E-state index in [1.807, 2.05) is 68.0 Å². The Hall–Kier alpha value is -3.48. The number of amides is 1. The van der Waals surface area contributed by atoms with Crippen LogP contribution >= 0.6 is 0 Å². The molecule has 1 aromatic carbocycles. The summed E-state index contributed by atoms with van der Waals surface area (Å²) in [5.74, 6) is -0.195. The van der Waals surface area contributed by atoms with E-state index >= 15 is 0 Å². The molecule has 142 valence electrons. The van der Waals surface area contributed by atoms with Gasteiger partial charge in [0.15, 0.2) is 0 Å². The molecule has 0 radical (unpaired) electrons. The Balaban J connectivity index is 1.93. The maximum absolute atomic E-state index is 13.0. The lowest BCUT2D eigenvalue weighted by Crippen LogP contribution is -2.30. The summed E-state index contributed by atoms with van der Waals surface area (Å²) in [7, 11) is 0. The van der Waals surface area contributed by atoms with Crippen LogP contribution in [0.15, 0.2) is 53.2 Å². The van der Waals surface area contributed by atoms with E-state index in [4.69, 9.17) is 4.52 Å². The second-order valence-electron chi connectivity index (χ2n) is 6.82. The van der Waals surface area contributed by atoms with E-state index in [9.17, 15) is 4.79 Å². The summed E-state index contributed by atoms with van der Waals surface area (Å²) in [4.78, 5) is 17.5. The minimum absolute atomic E-state index is 0.00139. The first-order valence-corrected chi connectivity index (χ1v) is 9.27. The molecule has 7 nitrogen and oxygen atoms in total. The zero-order valence-corrected chi connectivity index (χ0v) is 16.0. The third kappa shape index (κ3) is 3.26. The Bertz CT molecular complexity index is 1130. The number of hydrogen-bond donors (Lipinski definition) is 1. The molecule has 0 atom stereocenters. The average molecular weight is 375 g/mol. The average Bonchev–Trinajstić information content (AvgIpc) is 3.34. The maximum Gasteiger partial charge on any atom is 0.259 e. The van der Waals surface area contributed by atoms with Crippen LogP contribution in [0.2, 0.25) is 0 Å². The molecule has 7 heteroatoms. The van der Waals surface area contributed by atoms with Crippen molar-refractivity contribution in [3.8, 4) is 22.6 Å². The number of hydrogen-bond acceptors (Lipinski definition) is 5. The number of carbonyl (C=O) groups is 1. The number of aromatic nitrogens is 4. The van der Waals surface area contributed by atoms with Gasteiger partial charge in [0.25, 0.3) is 11.6 Å². The van der Waals surface area contributed by atoms with Crippen molar-refractivity contribution < 1.29 is 9.32 Å². The molecule has 4 aromatic rings. The van der Waals surface area contributed by atoms with Gasteiger partial charge in [-0.1, -0.05) is 35.5 Å². The summed E-state index contributed by atoms with van der Waals surface area (Å²) in [6.45, 7) is 6.61. The molecule has 0 aliphatic rings. The zero-order valence-electron chi connectivity index (χ0n) is 16.0. The lowest BCUT2D eigenvalue weighted by atomic mass is 10.0. The van der Waals surface area contributed by atoms with Crippen molar-refractivity contribution in [3.63, 3.8) is 0 Å². The van der Waals surface area contributed by atoms with Gasteiger partial charge in [0.2, 0.25) is 0 Å². The smallest absolute Gasteiger partial charge is 0.259 e. The van der Waals surface area contributed by atoms with Crippen molar-refractivity contribution in [2.75, 3.05) is 0 Å². The Morgan fingerprint density at radius 1 is 1.18 bits per heavy atom. The molecule has 0 aliphatic carbocycles. The Kier molecular flexibility index (Phi) is 4.65. The Morgan fingerprint density at radius 3 is 2.64 bits per heavy atom. The predicted molar refractivity (Wildman–Crippen MR) is 107 cm³/mol. The van der Waals surface area contributed by atoms with E-state index in [0.717, 1.165) is 12.1 Å². The van der Waals surface area contributed by atoms with E-state index in [0.29, 0.717) is 33.7 Å². The summed E-state index contributed by atoms with van der Waals surface area (Å²) in [6, 6.07) is 13.3. The lowest BCUT2D eigenvalue weighted by Gasteiger charge is -2.10. The van der Waals surface area contributed by atoms with Crippen LogP contribution in [-0.2, 0) is 6.54 Å². The van der Waals surface area contributed by atoms with Gasteiger partial charge in [0, 0.05) is 24.3 Å². The van der Waals surface area contributed by atoms with Crippen molar-refractivity contribution in [1.82, 2.24) is 25.2 Å². The topological polar surface area (TPSA) is 85.8 Å². The van der Waals surface area contributed by atoms with Gasteiger partial charge in [-0.3, -0.25) is 9.48 Å². The number of fused-ring (bicyclic) bond motifs is 1. The van der Waals surface area contributed by atoms with Crippen LogP contribution in [-0.4, -0.2) is 31.9 Å². The van der Waals surface area contributed by atoms with Crippen LogP contribution in [0.5, 0.6) is 0 Å². The SMILES string of the molecule is CCn1ccc(-c2cc(C(=O)NC(C)C)c3c(-c4ccccc4)noc3n2)n1. The van der Waals surface area contributed by atoms with Crippen molar-refractivity contribution in [1.29, 1.82) is 0 Å². The van der Waals surface area contributed by atoms with E-state index in [-0.39, 0.29) is 11.9 Å². The quantitative estimate of drug-likeness (QED) is 0.571. The lowest BCUT2D eigenvalue weighted by molar-refractivity contribution is 0.0944.